The van der Waals surface area contributed by atoms with Gasteiger partial charge in [0.25, 0.3) is 11.1 Å². The summed E-state index contributed by atoms with van der Waals surface area (Å²) < 4.78 is 13.5. The SMILES string of the molecule is COc1ccc2cc(-c3c4oc5c(C)c(=O)ccc5c4[nH]c4c3c(=O)[nH]n4C3CCCCC3)c(=O)[nH]c2c1. The molecule has 0 aliphatic heterocycles. The van der Waals surface area contributed by atoms with E-state index < -0.39 is 0 Å². The molecule has 1 fully saturated rings. The van der Waals surface area contributed by atoms with Gasteiger partial charge in [-0.2, -0.15) is 0 Å². The number of pyridine rings is 2. The lowest BCUT2D eigenvalue weighted by atomic mass is 9.95. The molecule has 3 N–H and O–H groups in total. The van der Waals surface area contributed by atoms with Gasteiger partial charge in [-0.05, 0) is 55.5 Å². The third-order valence-corrected chi connectivity index (χ3v) is 7.97. The summed E-state index contributed by atoms with van der Waals surface area (Å²) >= 11 is 0. The topological polar surface area (TPSA) is 126 Å². The monoisotopic (exact) mass is 510 g/mol. The number of benzene rings is 2. The minimum Gasteiger partial charge on any atom is -0.497 e. The van der Waals surface area contributed by atoms with E-state index in [4.69, 9.17) is 9.15 Å². The standard InChI is InChI=1S/C29H26N4O5/c1-14-21(34)11-10-18-24-26(38-25(14)18)22(19-12-15-8-9-17(37-2)13-20(15)30-28(19)35)23-27(31-24)33(32-29(23)36)16-6-4-3-5-7-16/h8-13,16,31H,3-7H2,1-2H3,(H,30,35)(H,32,36). The molecule has 4 heterocycles. The highest BCUT2D eigenvalue weighted by Crippen LogP contribution is 2.39. The van der Waals surface area contributed by atoms with Gasteiger partial charge in [0.2, 0.25) is 0 Å². The van der Waals surface area contributed by atoms with Crippen molar-refractivity contribution < 1.29 is 9.15 Å². The lowest BCUT2D eigenvalue weighted by Gasteiger charge is -2.23. The Labute approximate surface area is 215 Å². The highest BCUT2D eigenvalue weighted by molar-refractivity contribution is 6.15. The molecule has 0 bridgehead atoms. The van der Waals surface area contributed by atoms with Gasteiger partial charge in [0.1, 0.15) is 17.0 Å². The maximum Gasteiger partial charge on any atom is 0.274 e. The third-order valence-electron chi connectivity index (χ3n) is 7.97. The Bertz CT molecular complexity index is 2080. The van der Waals surface area contributed by atoms with Crippen LogP contribution in [0.5, 0.6) is 5.75 Å². The molecular weight excluding hydrogens is 484 g/mol. The molecule has 38 heavy (non-hydrogen) atoms. The zero-order chi connectivity index (χ0) is 26.1. The molecule has 0 spiro atoms. The summed E-state index contributed by atoms with van der Waals surface area (Å²) in [5, 5.41) is 4.92. The number of fused-ring (bicyclic) bond motifs is 5. The van der Waals surface area contributed by atoms with E-state index in [-0.39, 0.29) is 22.6 Å². The van der Waals surface area contributed by atoms with Gasteiger partial charge in [-0.15, -0.1) is 0 Å². The quantitative estimate of drug-likeness (QED) is 0.300. The van der Waals surface area contributed by atoms with Crippen molar-refractivity contribution in [2.24, 2.45) is 0 Å². The van der Waals surface area contributed by atoms with Gasteiger partial charge in [-0.3, -0.25) is 24.2 Å². The fraction of sp³-hybridized carbons (Fsp3) is 0.276. The minimum atomic E-state index is -0.355. The van der Waals surface area contributed by atoms with Crippen LogP contribution >= 0.6 is 0 Å². The molecule has 7 rings (SSSR count). The number of hydrogen-bond acceptors (Lipinski definition) is 5. The van der Waals surface area contributed by atoms with Gasteiger partial charge in [0, 0.05) is 22.6 Å². The molecule has 1 aliphatic carbocycles. The lowest BCUT2D eigenvalue weighted by Crippen LogP contribution is -2.16. The van der Waals surface area contributed by atoms with Crippen molar-refractivity contribution in [3.63, 3.8) is 0 Å². The van der Waals surface area contributed by atoms with E-state index in [1.165, 1.54) is 12.5 Å². The zero-order valence-corrected chi connectivity index (χ0v) is 21.1. The normalized spacial score (nSPS) is 14.8. The number of hydrogen-bond donors (Lipinski definition) is 3. The van der Waals surface area contributed by atoms with Crippen molar-refractivity contribution in [1.29, 1.82) is 0 Å². The number of nitrogens with one attached hydrogen (secondary N) is 3. The summed E-state index contributed by atoms with van der Waals surface area (Å²) in [5.41, 5.74) is 3.11. The number of nitrogens with zero attached hydrogens (tertiary/aromatic N) is 1. The predicted octanol–water partition coefficient (Wildman–Crippen LogP) is 5.25. The smallest absolute Gasteiger partial charge is 0.274 e. The molecule has 2 aromatic carbocycles. The molecule has 0 radical (unpaired) electrons. The summed E-state index contributed by atoms with van der Waals surface area (Å²) in [6, 6.07) is 10.6. The predicted molar refractivity (Wildman–Crippen MR) is 147 cm³/mol. The van der Waals surface area contributed by atoms with Crippen molar-refractivity contribution in [3.8, 4) is 16.9 Å². The van der Waals surface area contributed by atoms with Gasteiger partial charge in [0.05, 0.1) is 35.1 Å². The zero-order valence-electron chi connectivity index (χ0n) is 21.1. The van der Waals surface area contributed by atoms with Gasteiger partial charge in [-0.25, -0.2) is 0 Å². The Kier molecular flexibility index (Phi) is 4.91. The minimum absolute atomic E-state index is 0.135. The number of aromatic nitrogens is 4. The van der Waals surface area contributed by atoms with Crippen LogP contribution in [0.2, 0.25) is 0 Å². The Morgan fingerprint density at radius 1 is 0.947 bits per heavy atom. The third kappa shape index (κ3) is 3.21. The van der Waals surface area contributed by atoms with Crippen molar-refractivity contribution in [3.05, 3.63) is 72.9 Å². The van der Waals surface area contributed by atoms with Crippen LogP contribution in [-0.2, 0) is 0 Å². The maximum absolute atomic E-state index is 13.6. The Hall–Kier alpha value is -4.53. The number of methoxy groups -OCH3 is 1. The number of furan rings is 1. The highest BCUT2D eigenvalue weighted by atomic mass is 16.5. The number of rotatable bonds is 3. The summed E-state index contributed by atoms with van der Waals surface area (Å²) in [7, 11) is 1.57. The van der Waals surface area contributed by atoms with E-state index in [1.807, 2.05) is 16.8 Å². The van der Waals surface area contributed by atoms with Crippen LogP contribution in [0, 0.1) is 6.92 Å². The van der Waals surface area contributed by atoms with Crippen molar-refractivity contribution >= 4 is 44.0 Å². The van der Waals surface area contributed by atoms with Crippen LogP contribution in [-0.4, -0.2) is 26.9 Å². The summed E-state index contributed by atoms with van der Waals surface area (Å²) in [4.78, 5) is 45.9. The van der Waals surface area contributed by atoms with E-state index in [0.29, 0.717) is 55.7 Å². The number of ether oxygens (including phenoxy) is 1. The van der Waals surface area contributed by atoms with Gasteiger partial charge in [-0.1, -0.05) is 19.3 Å². The average Bonchev–Trinajstić information content (AvgIpc) is 3.47. The molecule has 4 aromatic heterocycles. The maximum atomic E-state index is 13.6. The van der Waals surface area contributed by atoms with Crippen LogP contribution < -0.4 is 21.3 Å². The van der Waals surface area contributed by atoms with Crippen LogP contribution in [0.25, 0.3) is 55.1 Å². The Morgan fingerprint density at radius 3 is 2.55 bits per heavy atom. The molecule has 0 saturated heterocycles. The summed E-state index contributed by atoms with van der Waals surface area (Å²) in [6.07, 6.45) is 5.29. The number of aromatic amines is 3. The van der Waals surface area contributed by atoms with Crippen molar-refractivity contribution in [2.75, 3.05) is 7.11 Å². The van der Waals surface area contributed by atoms with Gasteiger partial charge < -0.3 is 19.1 Å². The second-order valence-corrected chi connectivity index (χ2v) is 10.2. The van der Waals surface area contributed by atoms with Crippen LogP contribution in [0.15, 0.2) is 55.2 Å². The molecule has 0 unspecified atom stereocenters. The van der Waals surface area contributed by atoms with E-state index >= 15 is 0 Å². The van der Waals surface area contributed by atoms with Crippen LogP contribution in [0.4, 0.5) is 0 Å². The van der Waals surface area contributed by atoms with Crippen molar-refractivity contribution in [1.82, 2.24) is 19.7 Å². The first-order valence-electron chi connectivity index (χ1n) is 12.9. The highest BCUT2D eigenvalue weighted by Gasteiger charge is 2.27. The molecular formula is C29H26N4O5. The van der Waals surface area contributed by atoms with E-state index in [9.17, 15) is 14.4 Å². The van der Waals surface area contributed by atoms with Gasteiger partial charge in [0.15, 0.2) is 11.0 Å². The molecule has 0 amide bonds. The van der Waals surface area contributed by atoms with E-state index in [2.05, 4.69) is 15.1 Å². The number of aryl methyl sites for hydroxylation is 1. The molecule has 192 valence electrons. The molecule has 1 saturated carbocycles. The summed E-state index contributed by atoms with van der Waals surface area (Å²) in [5.74, 6) is 0.627. The second kappa shape index (κ2) is 8.24. The lowest BCUT2D eigenvalue weighted by molar-refractivity contribution is 0.335. The first kappa shape index (κ1) is 22.7. The largest absolute Gasteiger partial charge is 0.497 e. The molecule has 6 aromatic rings. The molecule has 0 atom stereocenters. The molecule has 9 nitrogen and oxygen atoms in total. The van der Waals surface area contributed by atoms with Crippen LogP contribution in [0.1, 0.15) is 43.7 Å². The fourth-order valence-corrected chi connectivity index (χ4v) is 5.98. The van der Waals surface area contributed by atoms with Crippen molar-refractivity contribution in [2.45, 2.75) is 45.1 Å². The molecule has 9 heteroatoms. The molecule has 1 aliphatic rings. The van der Waals surface area contributed by atoms with Gasteiger partial charge >= 0.3 is 0 Å². The average molecular weight is 511 g/mol. The first-order chi connectivity index (χ1) is 18.4. The fourth-order valence-electron chi connectivity index (χ4n) is 5.98. The second-order valence-electron chi connectivity index (χ2n) is 10.2. The van der Waals surface area contributed by atoms with Crippen LogP contribution in [0.3, 0.4) is 0 Å². The Morgan fingerprint density at radius 2 is 1.76 bits per heavy atom. The number of H-pyrrole nitrogens is 3. The van der Waals surface area contributed by atoms with E-state index in [1.54, 1.807) is 32.2 Å². The summed E-state index contributed by atoms with van der Waals surface area (Å²) in [6.45, 7) is 1.72. The first-order valence-corrected chi connectivity index (χ1v) is 12.9. The Balaban J connectivity index is 1.64. The van der Waals surface area contributed by atoms with E-state index in [0.717, 1.165) is 36.5 Å².